The number of alkyl halides is 1. The zero-order chi connectivity index (χ0) is 15.4. The van der Waals surface area contributed by atoms with Crippen molar-refractivity contribution in [3.8, 4) is 0 Å². The minimum absolute atomic E-state index is 0.836. The van der Waals surface area contributed by atoms with Crippen LogP contribution in [0.15, 0.2) is 24.3 Å². The first kappa shape index (κ1) is 20.8. The summed E-state index contributed by atoms with van der Waals surface area (Å²) >= 11 is 5.66. The van der Waals surface area contributed by atoms with Crippen LogP contribution in [0.3, 0.4) is 0 Å². The third-order valence-corrected chi connectivity index (χ3v) is 4.13. The van der Waals surface area contributed by atoms with Gasteiger partial charge in [-0.2, -0.15) is 0 Å². The van der Waals surface area contributed by atoms with Crippen molar-refractivity contribution in [3.05, 3.63) is 24.3 Å². The Bertz CT molecular complexity index is 230. The standard InChI is InChI=1S/C20H37Cl/c1-2-3-4-5-6-7-8-9-10-11-12-13-14-15-16-17-18-19-20-21/h5-8H,2-4,9-20H2,1H3/b6-5+,8-7+. The summed E-state index contributed by atoms with van der Waals surface area (Å²) < 4.78 is 0. The summed E-state index contributed by atoms with van der Waals surface area (Å²) in [5.41, 5.74) is 0. The van der Waals surface area contributed by atoms with Gasteiger partial charge in [-0.15, -0.1) is 11.6 Å². The Kier molecular flexibility index (Phi) is 19.6. The molecule has 0 aromatic rings. The second-order valence-electron chi connectivity index (χ2n) is 6.01. The third kappa shape index (κ3) is 19.8. The lowest BCUT2D eigenvalue weighted by Gasteiger charge is -2.01. The summed E-state index contributed by atoms with van der Waals surface area (Å²) in [6.45, 7) is 2.24. The molecule has 0 aromatic heterocycles. The van der Waals surface area contributed by atoms with Crippen LogP contribution in [0.5, 0.6) is 0 Å². The van der Waals surface area contributed by atoms with E-state index in [2.05, 4.69) is 31.2 Å². The van der Waals surface area contributed by atoms with Crippen LogP contribution >= 0.6 is 11.6 Å². The lowest BCUT2D eigenvalue weighted by atomic mass is 10.1. The smallest absolute Gasteiger partial charge is 0.0223 e. The van der Waals surface area contributed by atoms with Gasteiger partial charge in [-0.3, -0.25) is 0 Å². The van der Waals surface area contributed by atoms with E-state index in [9.17, 15) is 0 Å². The minimum atomic E-state index is 0.836. The Hall–Kier alpha value is -0.230. The Balaban J connectivity index is 3.08. The molecule has 0 amide bonds. The predicted molar refractivity (Wildman–Crippen MR) is 99.3 cm³/mol. The van der Waals surface area contributed by atoms with E-state index in [1.165, 1.54) is 89.9 Å². The lowest BCUT2D eigenvalue weighted by molar-refractivity contribution is 0.558. The summed E-state index contributed by atoms with van der Waals surface area (Å²) in [4.78, 5) is 0. The molecule has 0 atom stereocenters. The highest BCUT2D eigenvalue weighted by molar-refractivity contribution is 6.17. The Morgan fingerprint density at radius 1 is 0.571 bits per heavy atom. The van der Waals surface area contributed by atoms with Gasteiger partial charge in [-0.1, -0.05) is 95.4 Å². The van der Waals surface area contributed by atoms with Crippen molar-refractivity contribution in [2.24, 2.45) is 0 Å². The quantitative estimate of drug-likeness (QED) is 0.155. The van der Waals surface area contributed by atoms with Gasteiger partial charge in [-0.05, 0) is 25.7 Å². The van der Waals surface area contributed by atoms with Gasteiger partial charge in [-0.25, -0.2) is 0 Å². The Morgan fingerprint density at radius 2 is 1.00 bits per heavy atom. The second kappa shape index (κ2) is 19.8. The molecule has 0 rings (SSSR count). The average Bonchev–Trinajstić information content (AvgIpc) is 2.50. The molecule has 0 unspecified atom stereocenters. The summed E-state index contributed by atoms with van der Waals surface area (Å²) in [6.07, 6.45) is 27.9. The van der Waals surface area contributed by atoms with E-state index in [1.54, 1.807) is 0 Å². The first-order chi connectivity index (χ1) is 10.4. The first-order valence-electron chi connectivity index (χ1n) is 9.29. The largest absolute Gasteiger partial charge is 0.127 e. The van der Waals surface area contributed by atoms with Crippen molar-refractivity contribution in [3.63, 3.8) is 0 Å². The molecule has 0 N–H and O–H groups in total. The molecule has 0 bridgehead atoms. The molecule has 0 aliphatic carbocycles. The number of rotatable bonds is 16. The van der Waals surface area contributed by atoms with Gasteiger partial charge >= 0.3 is 0 Å². The van der Waals surface area contributed by atoms with E-state index in [4.69, 9.17) is 11.6 Å². The van der Waals surface area contributed by atoms with Crippen LogP contribution in [0.2, 0.25) is 0 Å². The van der Waals surface area contributed by atoms with E-state index in [-0.39, 0.29) is 0 Å². The van der Waals surface area contributed by atoms with Gasteiger partial charge in [0.15, 0.2) is 0 Å². The van der Waals surface area contributed by atoms with Gasteiger partial charge in [0.1, 0.15) is 0 Å². The molecule has 0 spiro atoms. The van der Waals surface area contributed by atoms with Crippen LogP contribution in [0.1, 0.15) is 96.8 Å². The highest BCUT2D eigenvalue weighted by Gasteiger charge is 1.92. The molecule has 0 aromatic carbocycles. The average molecular weight is 313 g/mol. The van der Waals surface area contributed by atoms with Crippen molar-refractivity contribution in [1.29, 1.82) is 0 Å². The molecule has 0 radical (unpaired) electrons. The molecule has 0 aliphatic heterocycles. The summed E-state index contributed by atoms with van der Waals surface area (Å²) in [7, 11) is 0. The van der Waals surface area contributed by atoms with Gasteiger partial charge in [0.05, 0.1) is 0 Å². The van der Waals surface area contributed by atoms with Crippen molar-refractivity contribution < 1.29 is 0 Å². The Morgan fingerprint density at radius 3 is 1.48 bits per heavy atom. The number of allylic oxidation sites excluding steroid dienone is 4. The van der Waals surface area contributed by atoms with Crippen LogP contribution in [0, 0.1) is 0 Å². The molecule has 0 nitrogen and oxygen atoms in total. The van der Waals surface area contributed by atoms with Crippen molar-refractivity contribution in [2.75, 3.05) is 5.88 Å². The van der Waals surface area contributed by atoms with E-state index >= 15 is 0 Å². The number of unbranched alkanes of at least 4 members (excludes halogenated alkanes) is 12. The summed E-state index contributed by atoms with van der Waals surface area (Å²) in [5.74, 6) is 0.836. The molecule has 1 heteroatoms. The maximum Gasteiger partial charge on any atom is 0.0223 e. The minimum Gasteiger partial charge on any atom is -0.127 e. The number of hydrogen-bond acceptors (Lipinski definition) is 0. The number of halogens is 1. The molecule has 0 saturated heterocycles. The van der Waals surface area contributed by atoms with Crippen LogP contribution in [0.4, 0.5) is 0 Å². The van der Waals surface area contributed by atoms with Gasteiger partial charge < -0.3 is 0 Å². The second-order valence-corrected chi connectivity index (χ2v) is 6.39. The van der Waals surface area contributed by atoms with Crippen molar-refractivity contribution in [1.82, 2.24) is 0 Å². The fourth-order valence-electron chi connectivity index (χ4n) is 2.44. The molecule has 0 heterocycles. The molecule has 0 saturated carbocycles. The highest BCUT2D eigenvalue weighted by Crippen LogP contribution is 2.11. The molecule has 0 aliphatic rings. The topological polar surface area (TPSA) is 0 Å². The number of hydrogen-bond donors (Lipinski definition) is 0. The maximum absolute atomic E-state index is 5.66. The van der Waals surface area contributed by atoms with Crippen molar-refractivity contribution >= 4 is 11.6 Å². The fourth-order valence-corrected chi connectivity index (χ4v) is 2.63. The fraction of sp³-hybridized carbons (Fsp3) is 0.800. The normalized spacial score (nSPS) is 11.9. The molecule has 21 heavy (non-hydrogen) atoms. The monoisotopic (exact) mass is 312 g/mol. The highest BCUT2D eigenvalue weighted by atomic mass is 35.5. The molecular formula is C20H37Cl. The molecule has 0 fully saturated rings. The third-order valence-electron chi connectivity index (χ3n) is 3.86. The lowest BCUT2D eigenvalue weighted by Crippen LogP contribution is -1.82. The van der Waals surface area contributed by atoms with E-state index in [0.29, 0.717) is 0 Å². The maximum atomic E-state index is 5.66. The van der Waals surface area contributed by atoms with Crippen molar-refractivity contribution in [2.45, 2.75) is 96.8 Å². The van der Waals surface area contributed by atoms with Crippen LogP contribution in [-0.2, 0) is 0 Å². The van der Waals surface area contributed by atoms with Gasteiger partial charge in [0, 0.05) is 5.88 Å². The van der Waals surface area contributed by atoms with Gasteiger partial charge in [0.2, 0.25) is 0 Å². The van der Waals surface area contributed by atoms with Gasteiger partial charge in [0.25, 0.3) is 0 Å². The zero-order valence-electron chi connectivity index (χ0n) is 14.3. The van der Waals surface area contributed by atoms with Crippen LogP contribution < -0.4 is 0 Å². The zero-order valence-corrected chi connectivity index (χ0v) is 15.0. The van der Waals surface area contributed by atoms with Crippen LogP contribution in [0.25, 0.3) is 0 Å². The van der Waals surface area contributed by atoms with E-state index < -0.39 is 0 Å². The Labute approximate surface area is 139 Å². The molecule has 124 valence electrons. The summed E-state index contributed by atoms with van der Waals surface area (Å²) in [5, 5.41) is 0. The SMILES string of the molecule is CCCC/C=C/C=C/CCCCCCCCCCCCCl. The van der Waals surface area contributed by atoms with E-state index in [0.717, 1.165) is 5.88 Å². The summed E-state index contributed by atoms with van der Waals surface area (Å²) in [6, 6.07) is 0. The van der Waals surface area contributed by atoms with Crippen LogP contribution in [-0.4, -0.2) is 5.88 Å². The predicted octanol–water partition coefficient (Wildman–Crippen LogP) is 7.82. The molecular weight excluding hydrogens is 276 g/mol. The van der Waals surface area contributed by atoms with E-state index in [1.807, 2.05) is 0 Å². The first-order valence-corrected chi connectivity index (χ1v) is 9.83.